The molecule has 2 aromatic carbocycles. The Bertz CT molecular complexity index is 620. The fraction of sp³-hybridized carbons (Fsp3) is 0.235. The molecule has 0 radical (unpaired) electrons. The van der Waals surface area contributed by atoms with Crippen molar-refractivity contribution in [2.45, 2.75) is 20.3 Å². The number of aryl methyl sites for hydroxylation is 2. The fourth-order valence-corrected chi connectivity index (χ4v) is 2.16. The van der Waals surface area contributed by atoms with Gasteiger partial charge in [-0.05, 0) is 37.1 Å². The molecule has 0 atom stereocenters. The molecule has 0 bridgehead atoms. The van der Waals surface area contributed by atoms with Gasteiger partial charge in [-0.1, -0.05) is 35.9 Å². The second-order valence-corrected chi connectivity index (χ2v) is 4.86. The number of para-hydroxylation sites is 2. The maximum absolute atomic E-state index is 12.1. The topological polar surface area (TPSA) is 38.3 Å². The lowest BCUT2D eigenvalue weighted by Crippen LogP contribution is -2.15. The molecule has 0 saturated heterocycles. The number of rotatable bonds is 4. The van der Waals surface area contributed by atoms with Crippen LogP contribution in [0.4, 0.5) is 5.69 Å². The van der Waals surface area contributed by atoms with Crippen LogP contribution in [0.2, 0.25) is 0 Å². The van der Waals surface area contributed by atoms with E-state index in [1.807, 2.05) is 50.2 Å². The fourth-order valence-electron chi connectivity index (χ4n) is 2.16. The van der Waals surface area contributed by atoms with E-state index in [2.05, 4.69) is 11.4 Å². The Balaban J connectivity index is 2.09. The molecule has 3 heteroatoms. The highest BCUT2D eigenvalue weighted by atomic mass is 16.5. The zero-order chi connectivity index (χ0) is 14.5. The van der Waals surface area contributed by atoms with Crippen LogP contribution in [0.25, 0.3) is 0 Å². The van der Waals surface area contributed by atoms with Gasteiger partial charge in [-0.3, -0.25) is 4.79 Å². The summed E-state index contributed by atoms with van der Waals surface area (Å²) in [6, 6.07) is 13.5. The first-order valence-electron chi connectivity index (χ1n) is 6.59. The first kappa shape index (κ1) is 14.1. The molecule has 2 aromatic rings. The molecule has 0 saturated carbocycles. The van der Waals surface area contributed by atoms with E-state index in [1.54, 1.807) is 7.11 Å². The lowest BCUT2D eigenvalue weighted by Gasteiger charge is -2.11. The summed E-state index contributed by atoms with van der Waals surface area (Å²) in [6.45, 7) is 4.07. The molecule has 0 aliphatic heterocycles. The maximum atomic E-state index is 12.1. The van der Waals surface area contributed by atoms with Gasteiger partial charge >= 0.3 is 0 Å². The van der Waals surface area contributed by atoms with Crippen LogP contribution in [0.15, 0.2) is 42.5 Å². The number of hydrogen-bond donors (Lipinski definition) is 1. The average molecular weight is 269 g/mol. The van der Waals surface area contributed by atoms with E-state index in [4.69, 9.17) is 4.74 Å². The molecule has 0 heterocycles. The number of benzene rings is 2. The number of anilines is 1. The van der Waals surface area contributed by atoms with Crippen molar-refractivity contribution in [1.29, 1.82) is 0 Å². The van der Waals surface area contributed by atoms with Crippen molar-refractivity contribution in [2.24, 2.45) is 0 Å². The van der Waals surface area contributed by atoms with Crippen LogP contribution < -0.4 is 10.1 Å². The second-order valence-electron chi connectivity index (χ2n) is 4.86. The summed E-state index contributed by atoms with van der Waals surface area (Å²) in [5.74, 6) is 0.628. The van der Waals surface area contributed by atoms with Gasteiger partial charge < -0.3 is 10.1 Å². The number of hydrogen-bond acceptors (Lipinski definition) is 2. The molecule has 20 heavy (non-hydrogen) atoms. The van der Waals surface area contributed by atoms with Crippen molar-refractivity contribution in [3.8, 4) is 5.75 Å². The lowest BCUT2D eigenvalue weighted by atomic mass is 10.0. The summed E-state index contributed by atoms with van der Waals surface area (Å²) in [5, 5.41) is 2.89. The molecular weight excluding hydrogens is 250 g/mol. The Morgan fingerprint density at radius 3 is 2.60 bits per heavy atom. The Morgan fingerprint density at radius 1 is 1.15 bits per heavy atom. The van der Waals surface area contributed by atoms with E-state index < -0.39 is 0 Å². The normalized spacial score (nSPS) is 10.2. The summed E-state index contributed by atoms with van der Waals surface area (Å²) in [6.07, 6.45) is 0.365. The highest BCUT2D eigenvalue weighted by Crippen LogP contribution is 2.23. The third-order valence-corrected chi connectivity index (χ3v) is 3.23. The van der Waals surface area contributed by atoms with Crippen molar-refractivity contribution in [3.63, 3.8) is 0 Å². The van der Waals surface area contributed by atoms with Gasteiger partial charge in [0.2, 0.25) is 5.91 Å². The van der Waals surface area contributed by atoms with E-state index in [9.17, 15) is 4.79 Å². The van der Waals surface area contributed by atoms with Crippen LogP contribution in [0.3, 0.4) is 0 Å². The highest BCUT2D eigenvalue weighted by Gasteiger charge is 2.09. The number of nitrogens with one attached hydrogen (secondary N) is 1. The van der Waals surface area contributed by atoms with Gasteiger partial charge in [0.25, 0.3) is 0 Å². The minimum atomic E-state index is -0.0403. The number of carbonyl (C=O) groups is 1. The quantitative estimate of drug-likeness (QED) is 0.922. The molecule has 0 unspecified atom stereocenters. The summed E-state index contributed by atoms with van der Waals surface area (Å²) < 4.78 is 5.22. The summed E-state index contributed by atoms with van der Waals surface area (Å²) in [5.41, 5.74) is 4.09. The Hall–Kier alpha value is -2.29. The zero-order valence-electron chi connectivity index (χ0n) is 12.1. The van der Waals surface area contributed by atoms with E-state index >= 15 is 0 Å². The number of carbonyl (C=O) groups excluding carboxylic acids is 1. The third kappa shape index (κ3) is 3.38. The first-order chi connectivity index (χ1) is 9.60. The van der Waals surface area contributed by atoms with Crippen molar-refractivity contribution in [2.75, 3.05) is 12.4 Å². The molecule has 3 nitrogen and oxygen atoms in total. The predicted molar refractivity (Wildman–Crippen MR) is 81.2 cm³/mol. The van der Waals surface area contributed by atoms with Gasteiger partial charge in [0, 0.05) is 0 Å². The van der Waals surface area contributed by atoms with E-state index in [0.717, 1.165) is 11.1 Å². The minimum Gasteiger partial charge on any atom is -0.495 e. The predicted octanol–water partition coefficient (Wildman–Crippen LogP) is 3.49. The van der Waals surface area contributed by atoms with E-state index in [1.165, 1.54) is 5.56 Å². The molecule has 0 aliphatic carbocycles. The molecule has 1 N–H and O–H groups in total. The molecule has 0 aromatic heterocycles. The largest absolute Gasteiger partial charge is 0.495 e. The van der Waals surface area contributed by atoms with Crippen molar-refractivity contribution < 1.29 is 9.53 Å². The molecule has 104 valence electrons. The summed E-state index contributed by atoms with van der Waals surface area (Å²) in [4.78, 5) is 12.1. The average Bonchev–Trinajstić information content (AvgIpc) is 2.42. The molecule has 1 amide bonds. The van der Waals surface area contributed by atoms with Crippen LogP contribution in [-0.4, -0.2) is 13.0 Å². The van der Waals surface area contributed by atoms with Crippen molar-refractivity contribution in [1.82, 2.24) is 0 Å². The highest BCUT2D eigenvalue weighted by molar-refractivity contribution is 5.93. The van der Waals surface area contributed by atoms with E-state index in [-0.39, 0.29) is 5.91 Å². The van der Waals surface area contributed by atoms with E-state index in [0.29, 0.717) is 17.9 Å². The SMILES string of the molecule is COc1ccccc1NC(=O)Cc1ccc(C)cc1C. The van der Waals surface area contributed by atoms with Gasteiger partial charge in [0.1, 0.15) is 5.75 Å². The maximum Gasteiger partial charge on any atom is 0.228 e. The van der Waals surface area contributed by atoms with Gasteiger partial charge in [0.05, 0.1) is 19.2 Å². The Morgan fingerprint density at radius 2 is 1.90 bits per heavy atom. The zero-order valence-corrected chi connectivity index (χ0v) is 12.1. The monoisotopic (exact) mass is 269 g/mol. The number of methoxy groups -OCH3 is 1. The van der Waals surface area contributed by atoms with Crippen LogP contribution in [0.5, 0.6) is 5.75 Å². The molecule has 2 rings (SSSR count). The van der Waals surface area contributed by atoms with Gasteiger partial charge in [-0.15, -0.1) is 0 Å². The first-order valence-corrected chi connectivity index (χ1v) is 6.59. The smallest absolute Gasteiger partial charge is 0.228 e. The summed E-state index contributed by atoms with van der Waals surface area (Å²) in [7, 11) is 1.59. The number of amides is 1. The van der Waals surface area contributed by atoms with Crippen LogP contribution in [-0.2, 0) is 11.2 Å². The molecular formula is C17H19NO2. The second kappa shape index (κ2) is 6.24. The third-order valence-electron chi connectivity index (χ3n) is 3.23. The lowest BCUT2D eigenvalue weighted by molar-refractivity contribution is -0.115. The Kier molecular flexibility index (Phi) is 4.41. The Labute approximate surface area is 119 Å². The minimum absolute atomic E-state index is 0.0403. The summed E-state index contributed by atoms with van der Waals surface area (Å²) >= 11 is 0. The van der Waals surface area contributed by atoms with Crippen molar-refractivity contribution in [3.05, 3.63) is 59.2 Å². The van der Waals surface area contributed by atoms with Gasteiger partial charge in [0.15, 0.2) is 0 Å². The van der Waals surface area contributed by atoms with Gasteiger partial charge in [-0.25, -0.2) is 0 Å². The molecule has 0 spiro atoms. The van der Waals surface area contributed by atoms with Crippen LogP contribution in [0, 0.1) is 13.8 Å². The van der Waals surface area contributed by atoms with Gasteiger partial charge in [-0.2, -0.15) is 0 Å². The molecule has 0 aliphatic rings. The van der Waals surface area contributed by atoms with Crippen molar-refractivity contribution >= 4 is 11.6 Å². The number of ether oxygens (including phenoxy) is 1. The molecule has 0 fully saturated rings. The van der Waals surface area contributed by atoms with Crippen LogP contribution >= 0.6 is 0 Å². The van der Waals surface area contributed by atoms with Crippen LogP contribution in [0.1, 0.15) is 16.7 Å². The standard InChI is InChI=1S/C17H19NO2/c1-12-8-9-14(13(2)10-12)11-17(19)18-15-6-4-5-7-16(15)20-3/h4-10H,11H2,1-3H3,(H,18,19).